The number of hydrogen-bond donors (Lipinski definition) is 0. The Kier molecular flexibility index (Phi) is 3.63. The first kappa shape index (κ1) is 10.7. The predicted octanol–water partition coefficient (Wildman–Crippen LogP) is 2.63. The molecule has 0 aliphatic rings. The molecule has 14 heavy (non-hydrogen) atoms. The van der Waals surface area contributed by atoms with Crippen molar-refractivity contribution in [3.63, 3.8) is 0 Å². The van der Waals surface area contributed by atoms with Gasteiger partial charge in [0, 0.05) is 18.8 Å². The number of nitrogens with zero attached hydrogens (tertiary/aromatic N) is 3. The molecule has 2 aromatic rings. The molecule has 2 aromatic heterocycles. The summed E-state index contributed by atoms with van der Waals surface area (Å²) >= 11 is 0. The molecule has 0 saturated heterocycles. The summed E-state index contributed by atoms with van der Waals surface area (Å²) in [6, 6.07) is 1.92. The molecular weight excluding hydrogens is 174 g/mol. The molecule has 0 spiro atoms. The van der Waals surface area contributed by atoms with Crippen molar-refractivity contribution in [1.82, 2.24) is 14.4 Å². The van der Waals surface area contributed by atoms with E-state index < -0.39 is 0 Å². The zero-order chi connectivity index (χ0) is 10.6. The molecule has 0 amide bonds. The van der Waals surface area contributed by atoms with Crippen LogP contribution in [-0.2, 0) is 6.42 Å². The Balaban J connectivity index is 0.000000461. The summed E-state index contributed by atoms with van der Waals surface area (Å²) < 4.78 is 2.04. The minimum Gasteiger partial charge on any atom is -0.288 e. The standard InChI is InChI=1S/C9H11N3.C2H6/c1-3-8-11-7(2)9-10-5-4-6-12(8)9;1-2/h4-6H,3H2,1-2H3;1-2H3. The first-order chi connectivity index (χ1) is 6.83. The van der Waals surface area contributed by atoms with Crippen molar-refractivity contribution >= 4 is 5.65 Å². The molecule has 0 aliphatic carbocycles. The average molecular weight is 191 g/mol. The van der Waals surface area contributed by atoms with E-state index in [0.29, 0.717) is 0 Å². The fraction of sp³-hybridized carbons (Fsp3) is 0.455. The van der Waals surface area contributed by atoms with Crippen molar-refractivity contribution < 1.29 is 0 Å². The lowest BCUT2D eigenvalue weighted by molar-refractivity contribution is 0.922. The highest BCUT2D eigenvalue weighted by atomic mass is 15.1. The molecule has 0 unspecified atom stereocenters. The maximum absolute atomic E-state index is 4.41. The highest BCUT2D eigenvalue weighted by Gasteiger charge is 2.04. The molecule has 0 atom stereocenters. The first-order valence-corrected chi connectivity index (χ1v) is 5.11. The van der Waals surface area contributed by atoms with Gasteiger partial charge in [-0.05, 0) is 13.0 Å². The van der Waals surface area contributed by atoms with Gasteiger partial charge in [-0.25, -0.2) is 9.97 Å². The third kappa shape index (κ3) is 1.76. The summed E-state index contributed by atoms with van der Waals surface area (Å²) in [5, 5.41) is 0. The third-order valence-corrected chi connectivity index (χ3v) is 1.96. The van der Waals surface area contributed by atoms with Crippen LogP contribution in [0.4, 0.5) is 0 Å². The summed E-state index contributed by atoms with van der Waals surface area (Å²) in [6.45, 7) is 8.09. The van der Waals surface area contributed by atoms with Crippen LogP contribution in [-0.4, -0.2) is 14.4 Å². The lowest BCUT2D eigenvalue weighted by atomic mass is 10.4. The normalized spacial score (nSPS) is 9.71. The van der Waals surface area contributed by atoms with Crippen LogP contribution in [0, 0.1) is 6.92 Å². The monoisotopic (exact) mass is 191 g/mol. The number of rotatable bonds is 1. The van der Waals surface area contributed by atoms with Crippen LogP contribution in [0.3, 0.4) is 0 Å². The molecule has 3 heteroatoms. The molecule has 0 aromatic carbocycles. The number of hydrogen-bond acceptors (Lipinski definition) is 2. The second-order valence-corrected chi connectivity index (χ2v) is 2.78. The molecule has 0 saturated carbocycles. The second kappa shape index (κ2) is 4.74. The van der Waals surface area contributed by atoms with Crippen LogP contribution in [0.15, 0.2) is 18.5 Å². The van der Waals surface area contributed by atoms with Gasteiger partial charge in [-0.2, -0.15) is 0 Å². The minimum absolute atomic E-state index is 0.945. The van der Waals surface area contributed by atoms with Crippen molar-refractivity contribution in [2.45, 2.75) is 34.1 Å². The highest BCUT2D eigenvalue weighted by molar-refractivity contribution is 5.44. The quantitative estimate of drug-likeness (QED) is 0.693. The largest absolute Gasteiger partial charge is 0.288 e. The molecule has 0 bridgehead atoms. The van der Waals surface area contributed by atoms with E-state index in [0.717, 1.165) is 23.6 Å². The van der Waals surface area contributed by atoms with Crippen LogP contribution < -0.4 is 0 Å². The minimum atomic E-state index is 0.945. The summed E-state index contributed by atoms with van der Waals surface area (Å²) in [6.07, 6.45) is 4.74. The van der Waals surface area contributed by atoms with Crippen LogP contribution in [0.25, 0.3) is 5.65 Å². The topological polar surface area (TPSA) is 30.2 Å². The maximum Gasteiger partial charge on any atom is 0.159 e. The number of fused-ring (bicyclic) bond motifs is 1. The van der Waals surface area contributed by atoms with Gasteiger partial charge >= 0.3 is 0 Å². The van der Waals surface area contributed by atoms with Crippen molar-refractivity contribution in [2.75, 3.05) is 0 Å². The van der Waals surface area contributed by atoms with Gasteiger partial charge in [-0.1, -0.05) is 20.8 Å². The summed E-state index contributed by atoms with van der Waals surface area (Å²) in [5.74, 6) is 1.08. The molecule has 3 nitrogen and oxygen atoms in total. The molecule has 0 fully saturated rings. The van der Waals surface area contributed by atoms with Crippen molar-refractivity contribution in [2.24, 2.45) is 0 Å². The van der Waals surface area contributed by atoms with Gasteiger partial charge in [-0.3, -0.25) is 4.40 Å². The van der Waals surface area contributed by atoms with E-state index in [1.807, 2.05) is 37.4 Å². The Bertz CT molecular complexity index is 404. The number of imidazole rings is 1. The molecular formula is C11H17N3. The molecule has 0 N–H and O–H groups in total. The lowest BCUT2D eigenvalue weighted by Gasteiger charge is -1.94. The predicted molar refractivity (Wildman–Crippen MR) is 58.5 cm³/mol. The van der Waals surface area contributed by atoms with Gasteiger partial charge in [0.1, 0.15) is 5.82 Å². The van der Waals surface area contributed by atoms with Crippen molar-refractivity contribution in [1.29, 1.82) is 0 Å². The summed E-state index contributed by atoms with van der Waals surface area (Å²) in [7, 11) is 0. The lowest BCUT2D eigenvalue weighted by Crippen LogP contribution is -1.91. The molecule has 76 valence electrons. The zero-order valence-corrected chi connectivity index (χ0v) is 9.28. The molecule has 0 radical (unpaired) electrons. The van der Waals surface area contributed by atoms with E-state index in [-0.39, 0.29) is 0 Å². The van der Waals surface area contributed by atoms with Gasteiger partial charge < -0.3 is 0 Å². The van der Waals surface area contributed by atoms with Gasteiger partial charge in [-0.15, -0.1) is 0 Å². The van der Waals surface area contributed by atoms with Crippen molar-refractivity contribution in [3.8, 4) is 0 Å². The first-order valence-electron chi connectivity index (χ1n) is 5.11. The van der Waals surface area contributed by atoms with E-state index in [9.17, 15) is 0 Å². The van der Waals surface area contributed by atoms with Crippen LogP contribution in [0.1, 0.15) is 32.3 Å². The summed E-state index contributed by atoms with van der Waals surface area (Å²) in [4.78, 5) is 8.66. The molecule has 0 aliphatic heterocycles. The average Bonchev–Trinajstić information content (AvgIpc) is 2.59. The Morgan fingerprint density at radius 3 is 2.71 bits per heavy atom. The molecule has 2 rings (SSSR count). The van der Waals surface area contributed by atoms with E-state index in [2.05, 4.69) is 16.9 Å². The number of aryl methyl sites for hydroxylation is 2. The smallest absolute Gasteiger partial charge is 0.159 e. The van der Waals surface area contributed by atoms with E-state index in [1.165, 1.54) is 0 Å². The van der Waals surface area contributed by atoms with E-state index in [4.69, 9.17) is 0 Å². The van der Waals surface area contributed by atoms with Gasteiger partial charge in [0.2, 0.25) is 0 Å². The Labute approximate surface area is 84.8 Å². The fourth-order valence-corrected chi connectivity index (χ4v) is 1.39. The Morgan fingerprint density at radius 2 is 2.07 bits per heavy atom. The van der Waals surface area contributed by atoms with Crippen molar-refractivity contribution in [3.05, 3.63) is 30.0 Å². The van der Waals surface area contributed by atoms with Gasteiger partial charge in [0.05, 0.1) is 5.69 Å². The number of aromatic nitrogens is 3. The zero-order valence-electron chi connectivity index (χ0n) is 9.28. The highest BCUT2D eigenvalue weighted by Crippen LogP contribution is 2.08. The van der Waals surface area contributed by atoms with Crippen LogP contribution in [0.5, 0.6) is 0 Å². The molecule has 2 heterocycles. The summed E-state index contributed by atoms with van der Waals surface area (Å²) in [5.41, 5.74) is 1.97. The second-order valence-electron chi connectivity index (χ2n) is 2.78. The Hall–Kier alpha value is -1.38. The Morgan fingerprint density at radius 1 is 1.36 bits per heavy atom. The third-order valence-electron chi connectivity index (χ3n) is 1.96. The van der Waals surface area contributed by atoms with E-state index in [1.54, 1.807) is 6.20 Å². The SMILES string of the molecule is CC.CCc1nc(C)c2ncccn12. The maximum atomic E-state index is 4.41. The van der Waals surface area contributed by atoms with E-state index >= 15 is 0 Å². The van der Waals surface area contributed by atoms with Gasteiger partial charge in [0.25, 0.3) is 0 Å². The fourth-order valence-electron chi connectivity index (χ4n) is 1.39. The van der Waals surface area contributed by atoms with Crippen LogP contribution in [0.2, 0.25) is 0 Å². The van der Waals surface area contributed by atoms with Gasteiger partial charge in [0.15, 0.2) is 5.65 Å². The van der Waals surface area contributed by atoms with Crippen LogP contribution >= 0.6 is 0 Å².